The third kappa shape index (κ3) is 4.62. The first kappa shape index (κ1) is 15.6. The van der Waals surface area contributed by atoms with Gasteiger partial charge in [0.05, 0.1) is 12.7 Å². The average molecular weight is 288 g/mol. The third-order valence-electron chi connectivity index (χ3n) is 3.44. The van der Waals surface area contributed by atoms with Gasteiger partial charge in [0, 0.05) is 24.4 Å². The third-order valence-corrected chi connectivity index (χ3v) is 3.44. The predicted molar refractivity (Wildman–Crippen MR) is 81.3 cm³/mol. The van der Waals surface area contributed by atoms with Crippen molar-refractivity contribution in [3.05, 3.63) is 65.7 Å². The van der Waals surface area contributed by atoms with Crippen molar-refractivity contribution in [2.75, 3.05) is 6.61 Å². The Kier molecular flexibility index (Phi) is 5.84. The van der Waals surface area contributed by atoms with Crippen LogP contribution in [0.15, 0.2) is 48.7 Å². The molecule has 1 aromatic carbocycles. The SMILES string of the molecule is CCC(N)C(OCCc1ccccn1)c1ccc(F)cc1. The molecule has 2 atom stereocenters. The molecule has 0 bridgehead atoms. The smallest absolute Gasteiger partial charge is 0.123 e. The zero-order chi connectivity index (χ0) is 15.1. The first-order valence-corrected chi connectivity index (χ1v) is 7.23. The number of hydrogen-bond donors (Lipinski definition) is 1. The fourth-order valence-electron chi connectivity index (χ4n) is 2.17. The Bertz CT molecular complexity index is 530. The lowest BCUT2D eigenvalue weighted by Gasteiger charge is -2.24. The molecule has 2 N–H and O–H groups in total. The van der Waals surface area contributed by atoms with Crippen LogP contribution in [0.5, 0.6) is 0 Å². The Morgan fingerprint density at radius 3 is 2.57 bits per heavy atom. The highest BCUT2D eigenvalue weighted by Gasteiger charge is 2.19. The molecule has 0 saturated carbocycles. The van der Waals surface area contributed by atoms with E-state index in [1.54, 1.807) is 18.3 Å². The largest absolute Gasteiger partial charge is 0.371 e. The van der Waals surface area contributed by atoms with Crippen LogP contribution in [0, 0.1) is 5.82 Å². The summed E-state index contributed by atoms with van der Waals surface area (Å²) in [5, 5.41) is 0. The van der Waals surface area contributed by atoms with E-state index in [2.05, 4.69) is 4.98 Å². The molecule has 21 heavy (non-hydrogen) atoms. The average Bonchev–Trinajstić information content (AvgIpc) is 2.53. The maximum Gasteiger partial charge on any atom is 0.123 e. The summed E-state index contributed by atoms with van der Waals surface area (Å²) >= 11 is 0. The second-order valence-corrected chi connectivity index (χ2v) is 4.99. The van der Waals surface area contributed by atoms with E-state index in [1.165, 1.54) is 12.1 Å². The molecule has 2 rings (SSSR count). The molecule has 0 aliphatic rings. The number of benzene rings is 1. The number of hydrogen-bond acceptors (Lipinski definition) is 3. The molecule has 1 aromatic heterocycles. The quantitative estimate of drug-likeness (QED) is 0.850. The number of aromatic nitrogens is 1. The van der Waals surface area contributed by atoms with Gasteiger partial charge in [0.25, 0.3) is 0 Å². The molecule has 0 saturated heterocycles. The highest BCUT2D eigenvalue weighted by molar-refractivity contribution is 5.20. The second kappa shape index (κ2) is 7.86. The fraction of sp³-hybridized carbons (Fsp3) is 0.353. The van der Waals surface area contributed by atoms with Crippen molar-refractivity contribution >= 4 is 0 Å². The minimum absolute atomic E-state index is 0.112. The molecule has 112 valence electrons. The first-order chi connectivity index (χ1) is 10.2. The fourth-order valence-corrected chi connectivity index (χ4v) is 2.17. The molecular weight excluding hydrogens is 267 g/mol. The normalized spacial score (nSPS) is 13.9. The van der Waals surface area contributed by atoms with Crippen molar-refractivity contribution in [3.63, 3.8) is 0 Å². The number of rotatable bonds is 7. The van der Waals surface area contributed by atoms with Crippen LogP contribution >= 0.6 is 0 Å². The topological polar surface area (TPSA) is 48.1 Å². The molecule has 3 nitrogen and oxygen atoms in total. The van der Waals surface area contributed by atoms with E-state index < -0.39 is 0 Å². The Labute approximate surface area is 125 Å². The summed E-state index contributed by atoms with van der Waals surface area (Å²) in [7, 11) is 0. The number of nitrogens with two attached hydrogens (primary N) is 1. The molecule has 0 fully saturated rings. The van der Waals surface area contributed by atoms with E-state index in [4.69, 9.17) is 10.5 Å². The van der Waals surface area contributed by atoms with Crippen LogP contribution in [0.2, 0.25) is 0 Å². The van der Waals surface area contributed by atoms with E-state index in [-0.39, 0.29) is 18.0 Å². The van der Waals surface area contributed by atoms with Crippen LogP contribution in [-0.4, -0.2) is 17.6 Å². The van der Waals surface area contributed by atoms with Crippen LogP contribution in [0.1, 0.15) is 30.7 Å². The van der Waals surface area contributed by atoms with Crippen LogP contribution in [0.25, 0.3) is 0 Å². The van der Waals surface area contributed by atoms with Gasteiger partial charge in [-0.05, 0) is 36.2 Å². The van der Waals surface area contributed by atoms with E-state index in [0.717, 1.165) is 24.1 Å². The number of pyridine rings is 1. The van der Waals surface area contributed by atoms with Crippen molar-refractivity contribution in [2.24, 2.45) is 5.73 Å². The highest BCUT2D eigenvalue weighted by Crippen LogP contribution is 2.22. The van der Waals surface area contributed by atoms with Crippen LogP contribution < -0.4 is 5.73 Å². The van der Waals surface area contributed by atoms with Crippen LogP contribution in [0.4, 0.5) is 4.39 Å². The summed E-state index contributed by atoms with van der Waals surface area (Å²) in [6.07, 6.45) is 3.07. The maximum atomic E-state index is 13.0. The molecule has 2 unspecified atom stereocenters. The zero-order valence-electron chi connectivity index (χ0n) is 12.2. The van der Waals surface area contributed by atoms with E-state index in [0.29, 0.717) is 6.61 Å². The lowest BCUT2D eigenvalue weighted by Crippen LogP contribution is -2.30. The zero-order valence-corrected chi connectivity index (χ0v) is 12.2. The van der Waals surface area contributed by atoms with Gasteiger partial charge in [-0.1, -0.05) is 25.1 Å². The van der Waals surface area contributed by atoms with Gasteiger partial charge in [0.15, 0.2) is 0 Å². The van der Waals surface area contributed by atoms with Gasteiger partial charge in [-0.3, -0.25) is 4.98 Å². The van der Waals surface area contributed by atoms with Crippen molar-refractivity contribution in [2.45, 2.75) is 31.9 Å². The molecule has 4 heteroatoms. The van der Waals surface area contributed by atoms with Crippen molar-refractivity contribution in [3.8, 4) is 0 Å². The summed E-state index contributed by atoms with van der Waals surface area (Å²) in [5.41, 5.74) is 8.03. The Morgan fingerprint density at radius 1 is 1.19 bits per heavy atom. The lowest BCUT2D eigenvalue weighted by molar-refractivity contribution is 0.0350. The molecule has 0 spiro atoms. The Morgan fingerprint density at radius 2 is 1.95 bits per heavy atom. The van der Waals surface area contributed by atoms with Crippen molar-refractivity contribution in [1.82, 2.24) is 4.98 Å². The van der Waals surface area contributed by atoms with Gasteiger partial charge in [-0.15, -0.1) is 0 Å². The number of halogens is 1. The van der Waals surface area contributed by atoms with E-state index in [1.807, 2.05) is 25.1 Å². The molecule has 2 aromatic rings. The van der Waals surface area contributed by atoms with Gasteiger partial charge in [-0.25, -0.2) is 4.39 Å². The molecular formula is C17H21FN2O. The van der Waals surface area contributed by atoms with Crippen molar-refractivity contribution < 1.29 is 9.13 Å². The molecule has 0 radical (unpaired) electrons. The minimum Gasteiger partial charge on any atom is -0.371 e. The maximum absolute atomic E-state index is 13.0. The van der Waals surface area contributed by atoms with E-state index >= 15 is 0 Å². The van der Waals surface area contributed by atoms with Crippen molar-refractivity contribution in [1.29, 1.82) is 0 Å². The number of nitrogens with zero attached hydrogens (tertiary/aromatic N) is 1. The Balaban J connectivity index is 1.98. The molecule has 0 aliphatic carbocycles. The van der Waals surface area contributed by atoms with E-state index in [9.17, 15) is 4.39 Å². The standard InChI is InChI=1S/C17H21FN2O/c1-2-16(19)17(13-6-8-14(18)9-7-13)21-12-10-15-5-3-4-11-20-15/h3-9,11,16-17H,2,10,12,19H2,1H3. The summed E-state index contributed by atoms with van der Waals surface area (Å²) < 4.78 is 19.0. The van der Waals surface area contributed by atoms with Gasteiger partial charge in [0.2, 0.25) is 0 Å². The summed E-state index contributed by atoms with van der Waals surface area (Å²) in [4.78, 5) is 4.26. The predicted octanol–water partition coefficient (Wildman–Crippen LogP) is 3.26. The van der Waals surface area contributed by atoms with Crippen LogP contribution in [0.3, 0.4) is 0 Å². The minimum atomic E-state index is -0.254. The Hall–Kier alpha value is -1.78. The van der Waals surface area contributed by atoms with Gasteiger partial charge >= 0.3 is 0 Å². The highest BCUT2D eigenvalue weighted by atomic mass is 19.1. The second-order valence-electron chi connectivity index (χ2n) is 4.99. The molecule has 0 amide bonds. The summed E-state index contributed by atoms with van der Waals surface area (Å²) in [5.74, 6) is -0.254. The first-order valence-electron chi connectivity index (χ1n) is 7.23. The van der Waals surface area contributed by atoms with Gasteiger partial charge < -0.3 is 10.5 Å². The monoisotopic (exact) mass is 288 g/mol. The van der Waals surface area contributed by atoms with Gasteiger partial charge in [0.1, 0.15) is 5.82 Å². The van der Waals surface area contributed by atoms with Gasteiger partial charge in [-0.2, -0.15) is 0 Å². The molecule has 0 aliphatic heterocycles. The summed E-state index contributed by atoms with van der Waals surface area (Å²) in [6.45, 7) is 2.55. The van der Waals surface area contributed by atoms with Crippen LogP contribution in [-0.2, 0) is 11.2 Å². The number of ether oxygens (including phenoxy) is 1. The molecule has 1 heterocycles. The summed E-state index contributed by atoms with van der Waals surface area (Å²) in [6, 6.07) is 12.0. The lowest BCUT2D eigenvalue weighted by atomic mass is 10.0.